The van der Waals surface area contributed by atoms with Crippen molar-refractivity contribution in [3.63, 3.8) is 0 Å². The third-order valence-corrected chi connectivity index (χ3v) is 11.7. The van der Waals surface area contributed by atoms with Crippen molar-refractivity contribution in [2.24, 2.45) is 20.5 Å². The van der Waals surface area contributed by atoms with E-state index in [1.54, 1.807) is 0 Å². The Morgan fingerprint density at radius 1 is 0.689 bits per heavy atom. The van der Waals surface area contributed by atoms with Gasteiger partial charge in [-0.3, -0.25) is 18.2 Å². The summed E-state index contributed by atoms with van der Waals surface area (Å²) in [7, 11) is -16.6. The molecule has 0 saturated carbocycles. The van der Waals surface area contributed by atoms with Gasteiger partial charge in [-0.1, -0.05) is 18.2 Å². The predicted molar refractivity (Wildman–Crippen MR) is 216 cm³/mol. The van der Waals surface area contributed by atoms with Gasteiger partial charge in [0.25, 0.3) is 40.5 Å². The maximum atomic E-state index is 11.9. The molecule has 0 aliphatic carbocycles. The molecule has 5 aromatic rings. The predicted octanol–water partition coefficient (Wildman–Crippen LogP) is 5.38. The summed E-state index contributed by atoms with van der Waals surface area (Å²) in [5.74, 6) is -1.00. The number of aromatic nitrogens is 3. The van der Waals surface area contributed by atoms with E-state index in [2.05, 4.69) is 46.0 Å². The van der Waals surface area contributed by atoms with Crippen LogP contribution in [0.5, 0.6) is 11.5 Å². The van der Waals surface area contributed by atoms with Crippen molar-refractivity contribution in [1.82, 2.24) is 15.0 Å². The largest absolute Gasteiger partial charge is 0.494 e. The Morgan fingerprint density at radius 2 is 1.28 bits per heavy atom. The zero-order chi connectivity index (χ0) is 44.2. The highest BCUT2D eigenvalue weighted by molar-refractivity contribution is 7.87. The normalized spacial score (nSPS) is 14.6. The summed E-state index contributed by atoms with van der Waals surface area (Å²) in [4.78, 5) is 13.3. The molecule has 0 bridgehead atoms. The van der Waals surface area contributed by atoms with Crippen LogP contribution in [0.25, 0.3) is 0 Å². The van der Waals surface area contributed by atoms with E-state index in [4.69, 9.17) is 9.47 Å². The van der Waals surface area contributed by atoms with Crippen LogP contribution in [0, 0.1) is 0 Å². The molecule has 0 amide bonds. The molecular formula is C33H32N10O14S4. The second-order valence-corrected chi connectivity index (χ2v) is 18.5. The molecule has 4 aromatic carbocycles. The molecule has 0 spiro atoms. The summed E-state index contributed by atoms with van der Waals surface area (Å²) in [5.41, 5.74) is 0.703. The lowest BCUT2D eigenvalue weighted by Crippen LogP contribution is -2.15. The summed E-state index contributed by atoms with van der Waals surface area (Å²) in [6, 6.07) is 19.1. The molecule has 1 aromatic heterocycles. The number of benzene rings is 4. The number of ether oxygens (including phenoxy) is 2. The first-order valence-corrected chi connectivity index (χ1v) is 23.1. The van der Waals surface area contributed by atoms with Gasteiger partial charge in [-0.25, -0.2) is 0 Å². The Balaban J connectivity index is 1.32. The lowest BCUT2D eigenvalue weighted by Gasteiger charge is -2.15. The fraction of sp³-hybridized carbons (Fsp3) is 0.182. The minimum absolute atomic E-state index is 0.00463. The highest BCUT2D eigenvalue weighted by Crippen LogP contribution is 2.37. The van der Waals surface area contributed by atoms with Crippen LogP contribution in [-0.2, 0) is 40.5 Å². The van der Waals surface area contributed by atoms with Crippen LogP contribution in [0.1, 0.15) is 6.42 Å². The third kappa shape index (κ3) is 12.2. The number of nitrogens with zero attached hydrogens (tertiary/aromatic N) is 8. The van der Waals surface area contributed by atoms with Gasteiger partial charge in [0.2, 0.25) is 17.8 Å². The van der Waals surface area contributed by atoms with Crippen molar-refractivity contribution in [2.45, 2.75) is 21.6 Å². The molecule has 0 radical (unpaired) electrons. The Kier molecular flexibility index (Phi) is 12.9. The average Bonchev–Trinajstić information content (AvgIpc) is 4.01. The first-order valence-electron chi connectivity index (χ1n) is 17.1. The molecule has 322 valence electrons. The van der Waals surface area contributed by atoms with Gasteiger partial charge in [-0.05, 0) is 61.0 Å². The van der Waals surface area contributed by atoms with E-state index in [1.165, 1.54) is 79.9 Å². The van der Waals surface area contributed by atoms with Crippen molar-refractivity contribution < 1.29 is 61.4 Å². The molecule has 1 aliphatic rings. The average molecular weight is 921 g/mol. The van der Waals surface area contributed by atoms with Crippen LogP contribution in [-0.4, -0.2) is 98.2 Å². The second-order valence-electron chi connectivity index (χ2n) is 12.5. The van der Waals surface area contributed by atoms with Gasteiger partial charge >= 0.3 is 0 Å². The molecule has 6 rings (SSSR count). The van der Waals surface area contributed by atoms with E-state index in [1.807, 2.05) is 0 Å². The number of hydrogen-bond acceptors (Lipinski definition) is 20. The zero-order valence-electron chi connectivity index (χ0n) is 31.1. The lowest BCUT2D eigenvalue weighted by molar-refractivity contribution is 0.317. The number of methoxy groups -OCH3 is 1. The Morgan fingerprint density at radius 3 is 1.85 bits per heavy atom. The van der Waals surface area contributed by atoms with Crippen molar-refractivity contribution in [3.05, 3.63) is 84.9 Å². The zero-order valence-corrected chi connectivity index (χ0v) is 34.3. The van der Waals surface area contributed by atoms with E-state index < -0.39 is 56.5 Å². The second kappa shape index (κ2) is 17.8. The van der Waals surface area contributed by atoms with Gasteiger partial charge in [0.1, 0.15) is 22.1 Å². The summed E-state index contributed by atoms with van der Waals surface area (Å²) in [5, 5.41) is 20.6. The van der Waals surface area contributed by atoms with Crippen LogP contribution >= 0.6 is 0 Å². The maximum absolute atomic E-state index is 11.9. The summed E-state index contributed by atoms with van der Waals surface area (Å²) >= 11 is 0. The van der Waals surface area contributed by atoms with Gasteiger partial charge < -0.3 is 25.0 Å². The van der Waals surface area contributed by atoms with Crippen molar-refractivity contribution in [3.8, 4) is 11.5 Å². The highest BCUT2D eigenvalue weighted by Gasteiger charge is 2.46. The Bertz CT molecular complexity index is 2990. The molecule has 6 N–H and O–H groups in total. The van der Waals surface area contributed by atoms with Crippen molar-refractivity contribution in [1.29, 1.82) is 0 Å². The molecule has 2 heterocycles. The summed E-state index contributed by atoms with van der Waals surface area (Å²) < 4.78 is 142. The molecule has 28 heteroatoms. The van der Waals surface area contributed by atoms with Crippen LogP contribution in [0.4, 0.5) is 52.0 Å². The molecule has 1 aliphatic heterocycles. The number of rotatable bonds is 18. The number of hydrogen-bond donors (Lipinski definition) is 6. The van der Waals surface area contributed by atoms with Crippen LogP contribution < -0.4 is 25.0 Å². The van der Waals surface area contributed by atoms with E-state index >= 15 is 0 Å². The fourth-order valence-electron chi connectivity index (χ4n) is 5.19. The lowest BCUT2D eigenvalue weighted by atomic mass is 10.2. The van der Waals surface area contributed by atoms with E-state index in [-0.39, 0.29) is 87.9 Å². The molecule has 24 nitrogen and oxygen atoms in total. The monoisotopic (exact) mass is 920 g/mol. The van der Waals surface area contributed by atoms with Gasteiger partial charge in [-0.15, -0.1) is 5.11 Å². The molecule has 1 unspecified atom stereocenters. The topological polar surface area (TPSA) is 351 Å². The maximum Gasteiger partial charge on any atom is 0.296 e. The highest BCUT2D eigenvalue weighted by atomic mass is 32.2. The van der Waals surface area contributed by atoms with Gasteiger partial charge in [0.05, 0.1) is 59.3 Å². The summed E-state index contributed by atoms with van der Waals surface area (Å²) in [6.45, 7) is -0.410. The first kappa shape index (κ1) is 44.3. The standard InChI is InChI=1S/C33H32N10O14S4/c1-56-27-17-21(40-39-20-6-4-7-23(16-20)59(47,48)49)10-12-24(27)34-31-36-32(38-33(37-31)43-19-30(43)61(53,54)55)35-25-13-11-22(18-28(25)57-14-5-15-58(44,45)46)41-42-26-8-2-3-9-29(26)60(50,51)52/h2-4,6-13,16-18,30H,5,14-15,19H2,1H3,(H,44,45,46)(H,47,48,49)(H,50,51,52)(H,53,54,55)(H2,34,35,36,37,38). The van der Waals surface area contributed by atoms with Gasteiger partial charge in [-0.2, -0.15) is 64.0 Å². The van der Waals surface area contributed by atoms with Crippen LogP contribution in [0.3, 0.4) is 0 Å². The SMILES string of the molecule is COc1cc(N=Nc2cccc(S(=O)(=O)O)c2)ccc1Nc1nc(Nc2ccc(N=Nc3ccccc3S(=O)(=O)O)cc2OCCCS(=O)(=O)O)nc(N2CC2S(=O)(=O)O)n1. The number of anilines is 5. The van der Waals surface area contributed by atoms with Crippen molar-refractivity contribution >= 4 is 92.4 Å². The van der Waals surface area contributed by atoms with Crippen molar-refractivity contribution in [2.75, 3.05) is 41.5 Å². The number of azo groups is 2. The molecule has 1 fully saturated rings. The fourth-order valence-corrected chi connectivity index (χ4v) is 7.58. The Hall–Kier alpha value is -6.27. The van der Waals surface area contributed by atoms with E-state index in [9.17, 15) is 51.9 Å². The quantitative estimate of drug-likeness (QED) is 0.0278. The van der Waals surface area contributed by atoms with Gasteiger partial charge in [0, 0.05) is 12.1 Å². The molecule has 1 saturated heterocycles. The third-order valence-electron chi connectivity index (χ3n) is 8.05. The molecule has 1 atom stereocenters. The minimum atomic E-state index is -4.65. The Labute approximate surface area is 347 Å². The van der Waals surface area contributed by atoms with Gasteiger partial charge in [0.15, 0.2) is 5.37 Å². The summed E-state index contributed by atoms with van der Waals surface area (Å²) in [6.07, 6.45) is -0.148. The molecular weight excluding hydrogens is 889 g/mol. The van der Waals surface area contributed by atoms with Crippen LogP contribution in [0.2, 0.25) is 0 Å². The van der Waals surface area contributed by atoms with E-state index in [0.717, 1.165) is 17.0 Å². The smallest absolute Gasteiger partial charge is 0.296 e. The minimum Gasteiger partial charge on any atom is -0.494 e. The first-order chi connectivity index (χ1) is 28.7. The number of nitrogens with one attached hydrogen (secondary N) is 2. The van der Waals surface area contributed by atoms with E-state index in [0.29, 0.717) is 0 Å². The van der Waals surface area contributed by atoms with Crippen LogP contribution in [0.15, 0.2) is 115 Å². The molecule has 61 heavy (non-hydrogen) atoms.